The molecule has 2 aliphatic carbocycles. The van der Waals surface area contributed by atoms with Crippen LogP contribution in [-0.4, -0.2) is 28.6 Å². The maximum Gasteiger partial charge on any atom is 0.235 e. The van der Waals surface area contributed by atoms with Crippen LogP contribution in [0.1, 0.15) is 32.6 Å². The fourth-order valence-corrected chi connectivity index (χ4v) is 1.77. The third-order valence-electron chi connectivity index (χ3n) is 2.78. The second kappa shape index (κ2) is 3.52. The first-order valence-corrected chi connectivity index (χ1v) is 5.68. The van der Waals surface area contributed by atoms with Gasteiger partial charge in [-0.25, -0.2) is 0 Å². The van der Waals surface area contributed by atoms with Gasteiger partial charge < -0.3 is 4.90 Å². The largest absolute Gasteiger partial charge is 0.338 e. The molecule has 2 aliphatic rings. The van der Waals surface area contributed by atoms with Gasteiger partial charge in [-0.1, -0.05) is 0 Å². The summed E-state index contributed by atoms with van der Waals surface area (Å²) in [6, 6.07) is 0.558. The summed E-state index contributed by atoms with van der Waals surface area (Å²) >= 11 is 4.21. The molecule has 0 spiro atoms. The van der Waals surface area contributed by atoms with E-state index in [9.17, 15) is 4.79 Å². The molecule has 0 N–H and O–H groups in total. The zero-order valence-electron chi connectivity index (χ0n) is 8.07. The topological polar surface area (TPSA) is 20.3 Å². The van der Waals surface area contributed by atoms with Crippen LogP contribution in [0.5, 0.6) is 0 Å². The van der Waals surface area contributed by atoms with Crippen molar-refractivity contribution < 1.29 is 4.79 Å². The first kappa shape index (κ1) is 9.38. The van der Waals surface area contributed by atoms with Crippen molar-refractivity contribution in [2.45, 2.75) is 43.9 Å². The van der Waals surface area contributed by atoms with Gasteiger partial charge in [-0.15, -0.1) is 0 Å². The second-order valence-corrected chi connectivity index (χ2v) is 5.12. The lowest BCUT2D eigenvalue weighted by Crippen LogP contribution is -2.38. The standard InChI is InChI=1S/C10H17NOS/c1-7(13)10(12)11(9-4-5-9)6-8-2-3-8/h7-9,13H,2-6H2,1H3. The smallest absolute Gasteiger partial charge is 0.235 e. The van der Waals surface area contributed by atoms with Crippen molar-refractivity contribution >= 4 is 18.5 Å². The molecule has 0 aromatic carbocycles. The molecular weight excluding hydrogens is 182 g/mol. The van der Waals surface area contributed by atoms with Crippen molar-refractivity contribution in [2.24, 2.45) is 5.92 Å². The minimum Gasteiger partial charge on any atom is -0.338 e. The molecule has 0 radical (unpaired) electrons. The van der Waals surface area contributed by atoms with E-state index in [4.69, 9.17) is 0 Å². The van der Waals surface area contributed by atoms with Crippen LogP contribution in [0.2, 0.25) is 0 Å². The van der Waals surface area contributed by atoms with Crippen molar-refractivity contribution in [3.8, 4) is 0 Å². The zero-order chi connectivity index (χ0) is 9.42. The predicted molar refractivity (Wildman–Crippen MR) is 55.9 cm³/mol. The van der Waals surface area contributed by atoms with Crippen LogP contribution in [0.15, 0.2) is 0 Å². The summed E-state index contributed by atoms with van der Waals surface area (Å²) < 4.78 is 0. The number of nitrogens with zero attached hydrogens (tertiary/aromatic N) is 1. The molecule has 0 aromatic heterocycles. The van der Waals surface area contributed by atoms with E-state index in [0.29, 0.717) is 6.04 Å². The molecule has 2 rings (SSSR count). The number of hydrogen-bond donors (Lipinski definition) is 1. The summed E-state index contributed by atoms with van der Waals surface area (Å²) in [4.78, 5) is 13.8. The summed E-state index contributed by atoms with van der Waals surface area (Å²) in [5.74, 6) is 1.04. The molecule has 2 saturated carbocycles. The quantitative estimate of drug-likeness (QED) is 0.683. The normalized spacial score (nSPS) is 24.2. The van der Waals surface area contributed by atoms with Gasteiger partial charge in [0.25, 0.3) is 0 Å². The van der Waals surface area contributed by atoms with E-state index < -0.39 is 0 Å². The summed E-state index contributed by atoms with van der Waals surface area (Å²) in [6.45, 7) is 2.86. The minimum atomic E-state index is -0.126. The van der Waals surface area contributed by atoms with Crippen molar-refractivity contribution in [3.05, 3.63) is 0 Å². The van der Waals surface area contributed by atoms with Gasteiger partial charge in [0, 0.05) is 12.6 Å². The first-order valence-electron chi connectivity index (χ1n) is 5.17. The molecule has 74 valence electrons. The number of carbonyl (C=O) groups excluding carboxylic acids is 1. The van der Waals surface area contributed by atoms with Crippen LogP contribution in [0, 0.1) is 5.92 Å². The van der Waals surface area contributed by atoms with Gasteiger partial charge in [-0.2, -0.15) is 12.6 Å². The van der Waals surface area contributed by atoms with E-state index in [1.807, 2.05) is 6.92 Å². The van der Waals surface area contributed by atoms with E-state index in [2.05, 4.69) is 17.5 Å². The second-order valence-electron chi connectivity index (χ2n) is 4.34. The predicted octanol–water partition coefficient (Wildman–Crippen LogP) is 1.71. The Labute approximate surface area is 85.1 Å². The van der Waals surface area contributed by atoms with E-state index in [1.54, 1.807) is 0 Å². The van der Waals surface area contributed by atoms with Gasteiger partial charge in [-0.05, 0) is 38.5 Å². The van der Waals surface area contributed by atoms with E-state index in [-0.39, 0.29) is 11.2 Å². The fraction of sp³-hybridized carbons (Fsp3) is 0.900. The Morgan fingerprint density at radius 2 is 2.08 bits per heavy atom. The molecule has 0 heterocycles. The monoisotopic (exact) mass is 199 g/mol. The Kier molecular flexibility index (Phi) is 2.54. The molecule has 1 amide bonds. The highest BCUT2D eigenvalue weighted by molar-refractivity contribution is 7.81. The van der Waals surface area contributed by atoms with Gasteiger partial charge in [0.05, 0.1) is 5.25 Å². The number of rotatable bonds is 4. The van der Waals surface area contributed by atoms with Gasteiger partial charge in [0.15, 0.2) is 0 Å². The highest BCUT2D eigenvalue weighted by Gasteiger charge is 2.37. The van der Waals surface area contributed by atoms with Crippen molar-refractivity contribution in [1.29, 1.82) is 0 Å². The number of hydrogen-bond acceptors (Lipinski definition) is 2. The molecule has 0 aliphatic heterocycles. The third-order valence-corrected chi connectivity index (χ3v) is 3.00. The fourth-order valence-electron chi connectivity index (χ4n) is 1.62. The number of amides is 1. The first-order chi connectivity index (χ1) is 6.18. The van der Waals surface area contributed by atoms with Crippen LogP contribution in [-0.2, 0) is 4.79 Å². The van der Waals surface area contributed by atoms with E-state index in [0.717, 1.165) is 12.5 Å². The summed E-state index contributed by atoms with van der Waals surface area (Å²) in [7, 11) is 0. The van der Waals surface area contributed by atoms with E-state index >= 15 is 0 Å². The summed E-state index contributed by atoms with van der Waals surface area (Å²) in [5, 5.41) is -0.126. The van der Waals surface area contributed by atoms with Crippen LogP contribution in [0.3, 0.4) is 0 Å². The minimum absolute atomic E-state index is 0.126. The number of carbonyl (C=O) groups is 1. The molecule has 2 nitrogen and oxygen atoms in total. The molecule has 2 fully saturated rings. The maximum absolute atomic E-state index is 11.7. The van der Waals surface area contributed by atoms with Gasteiger partial charge in [0.2, 0.25) is 5.91 Å². The van der Waals surface area contributed by atoms with Gasteiger partial charge in [-0.3, -0.25) is 4.79 Å². The molecule has 1 unspecified atom stereocenters. The zero-order valence-corrected chi connectivity index (χ0v) is 8.96. The Hall–Kier alpha value is -0.180. The van der Waals surface area contributed by atoms with Crippen LogP contribution < -0.4 is 0 Å². The Morgan fingerprint density at radius 1 is 1.46 bits per heavy atom. The van der Waals surface area contributed by atoms with Gasteiger partial charge in [0.1, 0.15) is 0 Å². The Balaban J connectivity index is 1.90. The van der Waals surface area contributed by atoms with Crippen LogP contribution >= 0.6 is 12.6 Å². The molecule has 3 heteroatoms. The van der Waals surface area contributed by atoms with Crippen molar-refractivity contribution in [3.63, 3.8) is 0 Å². The lowest BCUT2D eigenvalue weighted by Gasteiger charge is -2.23. The highest BCUT2D eigenvalue weighted by atomic mass is 32.1. The maximum atomic E-state index is 11.7. The molecular formula is C10H17NOS. The SMILES string of the molecule is CC(S)C(=O)N(CC1CC1)C1CC1. The highest BCUT2D eigenvalue weighted by Crippen LogP contribution is 2.35. The molecule has 0 saturated heterocycles. The van der Waals surface area contributed by atoms with Crippen LogP contribution in [0.25, 0.3) is 0 Å². The molecule has 0 aromatic rings. The Morgan fingerprint density at radius 3 is 2.46 bits per heavy atom. The lowest BCUT2D eigenvalue weighted by atomic mass is 10.3. The third kappa shape index (κ3) is 2.39. The lowest BCUT2D eigenvalue weighted by molar-refractivity contribution is -0.131. The van der Waals surface area contributed by atoms with Gasteiger partial charge >= 0.3 is 0 Å². The van der Waals surface area contributed by atoms with Crippen LogP contribution in [0.4, 0.5) is 0 Å². The van der Waals surface area contributed by atoms with E-state index in [1.165, 1.54) is 25.7 Å². The number of thiol groups is 1. The Bertz CT molecular complexity index is 209. The molecule has 13 heavy (non-hydrogen) atoms. The van der Waals surface area contributed by atoms with Crippen molar-refractivity contribution in [2.75, 3.05) is 6.54 Å². The summed E-state index contributed by atoms with van der Waals surface area (Å²) in [6.07, 6.45) is 5.05. The summed E-state index contributed by atoms with van der Waals surface area (Å²) in [5.41, 5.74) is 0. The average molecular weight is 199 g/mol. The average Bonchev–Trinajstić information content (AvgIpc) is 2.90. The van der Waals surface area contributed by atoms with Crippen molar-refractivity contribution in [1.82, 2.24) is 4.90 Å². The molecule has 1 atom stereocenters. The molecule has 0 bridgehead atoms.